The number of aromatic amines is 1. The number of anilines is 1. The van der Waals surface area contributed by atoms with Crippen LogP contribution in [-0.2, 0) is 6.18 Å². The number of nitrogens with one attached hydrogen (secondary N) is 2. The van der Waals surface area contributed by atoms with Crippen molar-refractivity contribution < 1.29 is 18.0 Å². The number of halogens is 3. The van der Waals surface area contributed by atoms with Gasteiger partial charge >= 0.3 is 6.18 Å². The average Bonchev–Trinajstić information content (AvgIpc) is 2.76. The molecule has 0 radical (unpaired) electrons. The van der Waals surface area contributed by atoms with Crippen LogP contribution in [0, 0.1) is 12.8 Å². The highest BCUT2D eigenvalue weighted by Gasteiger charge is 2.34. The van der Waals surface area contributed by atoms with Crippen LogP contribution in [0.15, 0.2) is 52.4 Å². The third-order valence-electron chi connectivity index (χ3n) is 6.06. The van der Waals surface area contributed by atoms with E-state index in [9.17, 15) is 22.8 Å². The maximum atomic E-state index is 13.8. The van der Waals surface area contributed by atoms with Crippen molar-refractivity contribution >= 4 is 33.9 Å². The molecule has 4 rings (SSSR count). The molecule has 1 fully saturated rings. The highest BCUT2D eigenvalue weighted by molar-refractivity contribution is 6.06. The van der Waals surface area contributed by atoms with Crippen molar-refractivity contribution in [2.45, 2.75) is 45.7 Å². The summed E-state index contributed by atoms with van der Waals surface area (Å²) in [5, 5.41) is 2.60. The van der Waals surface area contributed by atoms with Crippen molar-refractivity contribution in [3.8, 4) is 0 Å². The van der Waals surface area contributed by atoms with Gasteiger partial charge in [0.2, 0.25) is 5.43 Å². The fourth-order valence-corrected chi connectivity index (χ4v) is 4.13. The van der Waals surface area contributed by atoms with E-state index in [0.29, 0.717) is 22.4 Å². The van der Waals surface area contributed by atoms with E-state index in [1.807, 2.05) is 0 Å². The average molecular weight is 455 g/mol. The van der Waals surface area contributed by atoms with Gasteiger partial charge in [-0.2, -0.15) is 13.2 Å². The van der Waals surface area contributed by atoms with Crippen LogP contribution in [0.1, 0.15) is 54.1 Å². The Balaban J connectivity index is 1.66. The monoisotopic (exact) mass is 455 g/mol. The molecule has 8 heteroatoms. The summed E-state index contributed by atoms with van der Waals surface area (Å²) >= 11 is 0. The molecule has 2 aromatic carbocycles. The fraction of sp³-hybridized carbons (Fsp3) is 0.320. The Morgan fingerprint density at radius 2 is 1.88 bits per heavy atom. The van der Waals surface area contributed by atoms with Gasteiger partial charge in [0.05, 0.1) is 16.9 Å². The Labute approximate surface area is 188 Å². The van der Waals surface area contributed by atoms with Gasteiger partial charge in [0.15, 0.2) is 0 Å². The second-order valence-electron chi connectivity index (χ2n) is 8.57. The summed E-state index contributed by atoms with van der Waals surface area (Å²) in [5.74, 6) is -0.318. The first-order valence-corrected chi connectivity index (χ1v) is 10.8. The van der Waals surface area contributed by atoms with E-state index in [-0.39, 0.29) is 11.3 Å². The number of nitrogens with zero attached hydrogens (tertiary/aromatic N) is 1. The van der Waals surface area contributed by atoms with Gasteiger partial charge in [0.1, 0.15) is 5.56 Å². The van der Waals surface area contributed by atoms with Gasteiger partial charge < -0.3 is 10.3 Å². The Morgan fingerprint density at radius 1 is 1.15 bits per heavy atom. The number of hydrogen-bond donors (Lipinski definition) is 2. The number of aryl methyl sites for hydroxylation is 1. The van der Waals surface area contributed by atoms with Gasteiger partial charge in [-0.3, -0.25) is 14.6 Å². The lowest BCUT2D eigenvalue weighted by molar-refractivity contribution is -0.136. The molecule has 5 nitrogen and oxygen atoms in total. The van der Waals surface area contributed by atoms with Crippen molar-refractivity contribution in [3.05, 3.63) is 69.5 Å². The Kier molecular flexibility index (Phi) is 6.10. The van der Waals surface area contributed by atoms with Gasteiger partial charge in [-0.05, 0) is 68.4 Å². The molecule has 0 aliphatic heterocycles. The van der Waals surface area contributed by atoms with E-state index >= 15 is 0 Å². The largest absolute Gasteiger partial charge is 0.418 e. The maximum Gasteiger partial charge on any atom is 0.418 e. The molecule has 1 amide bonds. The first kappa shape index (κ1) is 22.8. The van der Waals surface area contributed by atoms with E-state index in [1.54, 1.807) is 25.1 Å². The lowest BCUT2D eigenvalue weighted by Crippen LogP contribution is -2.23. The van der Waals surface area contributed by atoms with Gasteiger partial charge in [0.25, 0.3) is 5.91 Å². The molecule has 33 heavy (non-hydrogen) atoms. The molecule has 0 saturated heterocycles. The Morgan fingerprint density at radius 3 is 2.58 bits per heavy atom. The summed E-state index contributed by atoms with van der Waals surface area (Å²) < 4.78 is 41.4. The smallest absolute Gasteiger partial charge is 0.360 e. The van der Waals surface area contributed by atoms with Gasteiger partial charge in [-0.1, -0.05) is 19.1 Å². The number of rotatable bonds is 3. The van der Waals surface area contributed by atoms with Crippen LogP contribution in [0.5, 0.6) is 0 Å². The molecule has 0 bridgehead atoms. The van der Waals surface area contributed by atoms with Crippen LogP contribution in [-0.4, -0.2) is 16.6 Å². The number of carbonyl (C=O) groups excluding carboxylic acids is 1. The van der Waals surface area contributed by atoms with Crippen molar-refractivity contribution in [1.29, 1.82) is 0 Å². The molecule has 0 atom stereocenters. The summed E-state index contributed by atoms with van der Waals surface area (Å²) in [4.78, 5) is 32.9. The Hall–Kier alpha value is -3.42. The summed E-state index contributed by atoms with van der Waals surface area (Å²) in [6.07, 6.45) is -0.00250. The van der Waals surface area contributed by atoms with Crippen molar-refractivity contribution in [2.24, 2.45) is 10.9 Å². The number of fused-ring (bicyclic) bond motifs is 1. The molecule has 1 heterocycles. The first-order chi connectivity index (χ1) is 15.6. The number of aromatic nitrogens is 1. The molecular formula is C25H24F3N3O2. The van der Waals surface area contributed by atoms with Crippen molar-refractivity contribution in [1.82, 2.24) is 4.98 Å². The molecular weight excluding hydrogens is 431 g/mol. The molecule has 172 valence electrons. The lowest BCUT2D eigenvalue weighted by atomic mass is 9.89. The number of H-pyrrole nitrogens is 1. The predicted octanol–water partition coefficient (Wildman–Crippen LogP) is 6.39. The quantitative estimate of drug-likeness (QED) is 0.480. The number of amides is 1. The van der Waals surface area contributed by atoms with E-state index in [0.717, 1.165) is 37.5 Å². The zero-order chi connectivity index (χ0) is 23.8. The third-order valence-corrected chi connectivity index (χ3v) is 6.06. The SMILES string of the molecule is Cc1cccc2[nH]cc(C(=O)Nc3ccc(N=C4CCC(C)CC4)cc3C(F)(F)F)c(=O)c12. The van der Waals surface area contributed by atoms with Crippen LogP contribution in [0.2, 0.25) is 0 Å². The minimum absolute atomic E-state index is 0.198. The van der Waals surface area contributed by atoms with Gasteiger partial charge in [-0.15, -0.1) is 0 Å². The normalized spacial score (nSPS) is 16.6. The van der Waals surface area contributed by atoms with E-state index in [4.69, 9.17) is 0 Å². The van der Waals surface area contributed by atoms with E-state index in [2.05, 4.69) is 22.2 Å². The van der Waals surface area contributed by atoms with E-state index < -0.39 is 28.8 Å². The van der Waals surface area contributed by atoms with Crippen LogP contribution in [0.25, 0.3) is 10.9 Å². The van der Waals surface area contributed by atoms with Crippen LogP contribution < -0.4 is 10.7 Å². The molecule has 2 N–H and O–H groups in total. The third kappa shape index (κ3) is 4.84. The number of carbonyl (C=O) groups is 1. The maximum absolute atomic E-state index is 13.8. The number of hydrogen-bond acceptors (Lipinski definition) is 3. The van der Waals surface area contributed by atoms with Crippen molar-refractivity contribution in [3.63, 3.8) is 0 Å². The Bertz CT molecular complexity index is 1300. The second kappa shape index (κ2) is 8.84. The summed E-state index contributed by atoms with van der Waals surface area (Å²) in [6, 6.07) is 8.77. The van der Waals surface area contributed by atoms with Gasteiger partial charge in [-0.25, -0.2) is 0 Å². The van der Waals surface area contributed by atoms with E-state index in [1.165, 1.54) is 18.3 Å². The number of benzene rings is 2. The molecule has 0 spiro atoms. The lowest BCUT2D eigenvalue weighted by Gasteiger charge is -2.19. The summed E-state index contributed by atoms with van der Waals surface area (Å²) in [5.41, 5.74) is 0.0782. The fourth-order valence-electron chi connectivity index (χ4n) is 4.13. The predicted molar refractivity (Wildman–Crippen MR) is 123 cm³/mol. The zero-order valence-electron chi connectivity index (χ0n) is 18.3. The molecule has 0 unspecified atom stereocenters. The number of alkyl halides is 3. The molecule has 1 aliphatic rings. The van der Waals surface area contributed by atoms with Crippen LogP contribution >= 0.6 is 0 Å². The number of aliphatic imine (C=N–C) groups is 1. The number of pyridine rings is 1. The highest BCUT2D eigenvalue weighted by Crippen LogP contribution is 2.38. The molecule has 3 aromatic rings. The molecule has 1 saturated carbocycles. The topological polar surface area (TPSA) is 74.3 Å². The zero-order valence-corrected chi connectivity index (χ0v) is 18.3. The summed E-state index contributed by atoms with van der Waals surface area (Å²) in [7, 11) is 0. The summed E-state index contributed by atoms with van der Waals surface area (Å²) in [6.45, 7) is 3.88. The second-order valence-corrected chi connectivity index (χ2v) is 8.57. The van der Waals surface area contributed by atoms with Gasteiger partial charge in [0, 0.05) is 22.8 Å². The first-order valence-electron chi connectivity index (χ1n) is 10.8. The molecule has 1 aliphatic carbocycles. The minimum Gasteiger partial charge on any atom is -0.360 e. The highest BCUT2D eigenvalue weighted by atomic mass is 19.4. The minimum atomic E-state index is -4.70. The van der Waals surface area contributed by atoms with Crippen LogP contribution in [0.3, 0.4) is 0 Å². The molecule has 1 aromatic heterocycles. The van der Waals surface area contributed by atoms with Crippen LogP contribution in [0.4, 0.5) is 24.5 Å². The standard InChI is InChI=1S/C25H24F3N3O2/c1-14-6-8-16(9-7-14)30-17-10-11-20(19(12-17)25(26,27)28)31-24(33)18-13-29-21-5-3-4-15(2)22(21)23(18)32/h3-5,10-14H,6-9H2,1-2H3,(H,29,32)(H,31,33). The van der Waals surface area contributed by atoms with Crippen molar-refractivity contribution in [2.75, 3.05) is 5.32 Å².